The molecule has 1 aromatic rings. The second-order valence-corrected chi connectivity index (χ2v) is 6.14. The second kappa shape index (κ2) is 5.00. The van der Waals surface area contributed by atoms with E-state index in [2.05, 4.69) is 17.3 Å². The number of hydrogen-bond donors (Lipinski definition) is 1. The third-order valence-electron chi connectivity index (χ3n) is 4.72. The number of nitrogens with zero attached hydrogens (tertiary/aromatic N) is 1. The van der Waals surface area contributed by atoms with Crippen LogP contribution in [0, 0.1) is 5.41 Å². The van der Waals surface area contributed by atoms with Gasteiger partial charge >= 0.3 is 5.97 Å². The molecule has 1 spiro atoms. The van der Waals surface area contributed by atoms with Crippen molar-refractivity contribution in [3.8, 4) is 0 Å². The Bertz CT molecular complexity index is 521. The Labute approximate surface area is 120 Å². The molecule has 1 heterocycles. The molecule has 3 rings (SSSR count). The number of nitrogens with one attached hydrogen (secondary N) is 1. The molecule has 4 heteroatoms. The molecular weight excluding hydrogens is 252 g/mol. The fourth-order valence-electron chi connectivity index (χ4n) is 3.63. The van der Waals surface area contributed by atoms with Gasteiger partial charge in [0, 0.05) is 25.6 Å². The highest BCUT2D eigenvalue weighted by molar-refractivity contribution is 5.92. The quantitative estimate of drug-likeness (QED) is 0.800. The smallest absolute Gasteiger partial charge is 0.337 e. The molecule has 0 unspecified atom stereocenters. The van der Waals surface area contributed by atoms with E-state index in [1.807, 2.05) is 18.2 Å². The van der Waals surface area contributed by atoms with Crippen LogP contribution < -0.4 is 10.2 Å². The summed E-state index contributed by atoms with van der Waals surface area (Å²) in [7, 11) is 3.54. The first-order valence-corrected chi connectivity index (χ1v) is 7.31. The van der Waals surface area contributed by atoms with Gasteiger partial charge in [-0.1, -0.05) is 12.8 Å². The lowest BCUT2D eigenvalue weighted by atomic mass is 9.86. The van der Waals surface area contributed by atoms with E-state index in [1.165, 1.54) is 32.8 Å². The maximum Gasteiger partial charge on any atom is 0.337 e. The van der Waals surface area contributed by atoms with E-state index in [0.717, 1.165) is 24.5 Å². The summed E-state index contributed by atoms with van der Waals surface area (Å²) in [6, 6.07) is 5.76. The molecule has 20 heavy (non-hydrogen) atoms. The number of ether oxygens (including phenoxy) is 1. The number of fused-ring (bicyclic) bond motifs is 1. The van der Waals surface area contributed by atoms with Crippen molar-refractivity contribution in [3.05, 3.63) is 23.8 Å². The molecule has 0 amide bonds. The van der Waals surface area contributed by atoms with Crippen molar-refractivity contribution in [1.29, 1.82) is 0 Å². The number of methoxy groups -OCH3 is 1. The summed E-state index contributed by atoms with van der Waals surface area (Å²) in [5.41, 5.74) is 3.21. The van der Waals surface area contributed by atoms with E-state index in [1.54, 1.807) is 0 Å². The second-order valence-electron chi connectivity index (χ2n) is 6.14. The number of hydrogen-bond acceptors (Lipinski definition) is 4. The summed E-state index contributed by atoms with van der Waals surface area (Å²) < 4.78 is 4.81. The van der Waals surface area contributed by atoms with Gasteiger partial charge in [0.1, 0.15) is 0 Å². The zero-order valence-electron chi connectivity index (χ0n) is 12.2. The third-order valence-corrected chi connectivity index (χ3v) is 4.72. The lowest BCUT2D eigenvalue weighted by Crippen LogP contribution is -2.36. The molecule has 1 fully saturated rings. The van der Waals surface area contributed by atoms with Crippen LogP contribution in [0.1, 0.15) is 36.0 Å². The maximum absolute atomic E-state index is 11.7. The standard InChI is InChI=1S/C16H22N2O2/c1-18-11-16(7-3-4-8-16)10-17-13-6-5-12(9-14(13)18)15(19)20-2/h5-6,9,17H,3-4,7-8,10-11H2,1-2H3. The van der Waals surface area contributed by atoms with Crippen molar-refractivity contribution in [3.63, 3.8) is 0 Å². The summed E-state index contributed by atoms with van der Waals surface area (Å²) >= 11 is 0. The molecule has 1 N–H and O–H groups in total. The van der Waals surface area contributed by atoms with Gasteiger partial charge in [-0.2, -0.15) is 0 Å². The van der Waals surface area contributed by atoms with Gasteiger partial charge in [-0.3, -0.25) is 0 Å². The zero-order chi connectivity index (χ0) is 14.2. The predicted octanol–water partition coefficient (Wildman–Crippen LogP) is 2.90. The van der Waals surface area contributed by atoms with Crippen LogP contribution in [0.5, 0.6) is 0 Å². The van der Waals surface area contributed by atoms with Crippen molar-refractivity contribution in [2.24, 2.45) is 5.41 Å². The Morgan fingerprint density at radius 1 is 1.35 bits per heavy atom. The van der Waals surface area contributed by atoms with Gasteiger partial charge < -0.3 is 15.0 Å². The van der Waals surface area contributed by atoms with Crippen LogP contribution in [-0.4, -0.2) is 33.2 Å². The van der Waals surface area contributed by atoms with E-state index in [4.69, 9.17) is 4.74 Å². The molecule has 1 aromatic carbocycles. The van der Waals surface area contributed by atoms with Crippen LogP contribution in [0.15, 0.2) is 18.2 Å². The van der Waals surface area contributed by atoms with Crippen LogP contribution in [0.4, 0.5) is 11.4 Å². The minimum atomic E-state index is -0.277. The normalized spacial score (nSPS) is 20.2. The molecule has 1 aliphatic heterocycles. The fourth-order valence-corrected chi connectivity index (χ4v) is 3.63. The Hall–Kier alpha value is -1.71. The molecule has 0 bridgehead atoms. The van der Waals surface area contributed by atoms with Crippen LogP contribution in [0.2, 0.25) is 0 Å². The third kappa shape index (κ3) is 2.23. The van der Waals surface area contributed by atoms with Gasteiger partial charge in [-0.05, 0) is 31.0 Å². The van der Waals surface area contributed by atoms with Gasteiger partial charge in [-0.25, -0.2) is 4.79 Å². The average molecular weight is 274 g/mol. The van der Waals surface area contributed by atoms with Gasteiger partial charge in [0.2, 0.25) is 0 Å². The molecule has 0 radical (unpaired) electrons. The summed E-state index contributed by atoms with van der Waals surface area (Å²) in [5.74, 6) is -0.277. The SMILES string of the molecule is COC(=O)c1ccc2c(c1)N(C)CC1(CCCC1)CN2. The van der Waals surface area contributed by atoms with Gasteiger partial charge in [0.25, 0.3) is 0 Å². The summed E-state index contributed by atoms with van der Waals surface area (Å²) in [4.78, 5) is 14.0. The summed E-state index contributed by atoms with van der Waals surface area (Å²) in [6.07, 6.45) is 5.25. The van der Waals surface area contributed by atoms with Crippen molar-refractivity contribution in [1.82, 2.24) is 0 Å². The number of anilines is 2. The molecule has 0 aromatic heterocycles. The van der Waals surface area contributed by atoms with Crippen molar-refractivity contribution in [2.75, 3.05) is 37.5 Å². The lowest BCUT2D eigenvalue weighted by Gasteiger charge is -2.31. The molecule has 1 saturated carbocycles. The average Bonchev–Trinajstić information content (AvgIpc) is 2.87. The van der Waals surface area contributed by atoms with E-state index >= 15 is 0 Å². The van der Waals surface area contributed by atoms with E-state index in [9.17, 15) is 4.79 Å². The molecule has 108 valence electrons. The van der Waals surface area contributed by atoms with Crippen LogP contribution in [0.3, 0.4) is 0 Å². The van der Waals surface area contributed by atoms with E-state index < -0.39 is 0 Å². The number of rotatable bonds is 1. The van der Waals surface area contributed by atoms with Crippen molar-refractivity contribution in [2.45, 2.75) is 25.7 Å². The number of benzene rings is 1. The van der Waals surface area contributed by atoms with Crippen LogP contribution in [-0.2, 0) is 4.74 Å². The summed E-state index contributed by atoms with van der Waals surface area (Å²) in [6.45, 7) is 2.08. The first-order chi connectivity index (χ1) is 9.63. The molecule has 4 nitrogen and oxygen atoms in total. The lowest BCUT2D eigenvalue weighted by molar-refractivity contribution is 0.0601. The highest BCUT2D eigenvalue weighted by atomic mass is 16.5. The Morgan fingerprint density at radius 2 is 2.10 bits per heavy atom. The first-order valence-electron chi connectivity index (χ1n) is 7.31. The van der Waals surface area contributed by atoms with Crippen molar-refractivity contribution < 1.29 is 9.53 Å². The molecule has 0 atom stereocenters. The number of carbonyl (C=O) groups excluding carboxylic acids is 1. The minimum absolute atomic E-state index is 0.277. The zero-order valence-corrected chi connectivity index (χ0v) is 12.2. The maximum atomic E-state index is 11.7. The van der Waals surface area contributed by atoms with Crippen LogP contribution >= 0.6 is 0 Å². The van der Waals surface area contributed by atoms with E-state index in [0.29, 0.717) is 11.0 Å². The van der Waals surface area contributed by atoms with Crippen molar-refractivity contribution >= 4 is 17.3 Å². The largest absolute Gasteiger partial charge is 0.465 e. The highest BCUT2D eigenvalue weighted by Crippen LogP contribution is 2.43. The topological polar surface area (TPSA) is 41.6 Å². The first kappa shape index (κ1) is 13.3. The summed E-state index contributed by atoms with van der Waals surface area (Å²) in [5, 5.41) is 3.58. The number of carbonyl (C=O) groups is 1. The van der Waals surface area contributed by atoms with Gasteiger partial charge in [-0.15, -0.1) is 0 Å². The molecule has 0 saturated heterocycles. The van der Waals surface area contributed by atoms with E-state index in [-0.39, 0.29) is 5.97 Å². The Balaban J connectivity index is 1.92. The Morgan fingerprint density at radius 3 is 2.80 bits per heavy atom. The minimum Gasteiger partial charge on any atom is -0.465 e. The highest BCUT2D eigenvalue weighted by Gasteiger charge is 2.37. The van der Waals surface area contributed by atoms with Gasteiger partial charge in [0.15, 0.2) is 0 Å². The molecular formula is C16H22N2O2. The fraction of sp³-hybridized carbons (Fsp3) is 0.562. The monoisotopic (exact) mass is 274 g/mol. The number of esters is 1. The van der Waals surface area contributed by atoms with Gasteiger partial charge in [0.05, 0.1) is 24.0 Å². The van der Waals surface area contributed by atoms with Crippen LogP contribution in [0.25, 0.3) is 0 Å². The molecule has 1 aliphatic carbocycles. The Kier molecular flexibility index (Phi) is 3.32. The molecule has 2 aliphatic rings. The predicted molar refractivity (Wildman–Crippen MR) is 80.4 cm³/mol.